The van der Waals surface area contributed by atoms with E-state index in [1.165, 1.54) is 54.6 Å². The third-order valence-corrected chi connectivity index (χ3v) is 6.51. The lowest BCUT2D eigenvalue weighted by Crippen LogP contribution is -2.48. The Morgan fingerprint density at radius 2 is 1.25 bits per heavy atom. The highest BCUT2D eigenvalue weighted by atomic mass is 79.9. The number of amides is 1. The lowest BCUT2D eigenvalue weighted by Gasteiger charge is -2.24. The van der Waals surface area contributed by atoms with Gasteiger partial charge in [-0.05, 0) is 58.4 Å². The molecule has 0 aliphatic carbocycles. The predicted octanol–water partition coefficient (Wildman–Crippen LogP) is 5.88. The highest BCUT2D eigenvalue weighted by Gasteiger charge is 2.41. The molecular weight excluding hydrogens is 601 g/mol. The summed E-state index contributed by atoms with van der Waals surface area (Å²) in [6.45, 7) is 0. The van der Waals surface area contributed by atoms with E-state index in [2.05, 4.69) is 21.2 Å². The van der Waals surface area contributed by atoms with Gasteiger partial charge in [-0.15, -0.1) is 0 Å². The van der Waals surface area contributed by atoms with E-state index in [1.54, 1.807) is 12.1 Å². The Labute approximate surface area is 228 Å². The maximum absolute atomic E-state index is 13.1. The van der Waals surface area contributed by atoms with Gasteiger partial charge in [0.05, 0.1) is 26.2 Å². The van der Waals surface area contributed by atoms with Crippen molar-refractivity contribution in [2.45, 2.75) is 12.2 Å². The summed E-state index contributed by atoms with van der Waals surface area (Å²) >= 11 is 21.3. The van der Waals surface area contributed by atoms with Crippen molar-refractivity contribution in [1.82, 2.24) is 0 Å². The fraction of sp³-hybridized carbons (Fsp3) is 0.0833. The number of anilines is 1. The molecule has 0 aliphatic heterocycles. The molecule has 36 heavy (non-hydrogen) atoms. The zero-order chi connectivity index (χ0) is 26.4. The molecule has 186 valence electrons. The zero-order valence-electron chi connectivity index (χ0n) is 17.9. The summed E-state index contributed by atoms with van der Waals surface area (Å²) in [5.41, 5.74) is -0.125. The van der Waals surface area contributed by atoms with Crippen molar-refractivity contribution in [3.05, 3.63) is 97.4 Å². The monoisotopic (exact) mass is 613 g/mol. The van der Waals surface area contributed by atoms with Crippen molar-refractivity contribution in [2.75, 3.05) is 5.32 Å². The maximum atomic E-state index is 13.1. The average molecular weight is 616 g/mol. The second kappa shape index (κ2) is 12.2. The van der Waals surface area contributed by atoms with Crippen LogP contribution in [0.1, 0.15) is 20.7 Å². The van der Waals surface area contributed by atoms with Crippen molar-refractivity contribution in [2.24, 2.45) is 0 Å². The molecule has 0 aromatic heterocycles. The topological polar surface area (TPSA) is 119 Å². The minimum atomic E-state index is -2.24. The Kier molecular flexibility index (Phi) is 9.33. The number of esters is 2. The summed E-state index contributed by atoms with van der Waals surface area (Å²) in [4.78, 5) is 50.7. The smallest absolute Gasteiger partial charge is 0.349 e. The van der Waals surface area contributed by atoms with Gasteiger partial charge in [-0.2, -0.15) is 0 Å². The molecule has 0 saturated carbocycles. The summed E-state index contributed by atoms with van der Waals surface area (Å²) in [5, 5.41) is 12.5. The Morgan fingerprint density at radius 3 is 1.72 bits per heavy atom. The second-order valence-electron chi connectivity index (χ2n) is 7.07. The van der Waals surface area contributed by atoms with Crippen LogP contribution in [0.25, 0.3) is 0 Å². The van der Waals surface area contributed by atoms with Gasteiger partial charge in [0.15, 0.2) is 0 Å². The van der Waals surface area contributed by atoms with E-state index in [0.29, 0.717) is 4.47 Å². The number of carboxylic acids is 1. The van der Waals surface area contributed by atoms with Gasteiger partial charge in [0.25, 0.3) is 5.91 Å². The molecule has 2 N–H and O–H groups in total. The van der Waals surface area contributed by atoms with Crippen molar-refractivity contribution in [3.63, 3.8) is 0 Å². The van der Waals surface area contributed by atoms with E-state index in [-0.39, 0.29) is 31.9 Å². The van der Waals surface area contributed by atoms with Crippen LogP contribution in [0.15, 0.2) is 71.2 Å². The van der Waals surface area contributed by atoms with Crippen LogP contribution >= 0.6 is 50.7 Å². The number of aliphatic carboxylic acids is 1. The molecule has 8 nitrogen and oxygen atoms in total. The quantitative estimate of drug-likeness (QED) is 0.304. The highest BCUT2D eigenvalue weighted by Crippen LogP contribution is 2.26. The molecule has 12 heteroatoms. The summed E-state index contributed by atoms with van der Waals surface area (Å²) in [6.07, 6.45) is -4.37. The second-order valence-corrected chi connectivity index (χ2v) is 9.14. The van der Waals surface area contributed by atoms with Crippen LogP contribution in [0.5, 0.6) is 0 Å². The fourth-order valence-corrected chi connectivity index (χ4v) is 3.75. The number of carboxylic acid groups (broad SMARTS) is 1. The summed E-state index contributed by atoms with van der Waals surface area (Å²) in [6, 6.07) is 15.9. The number of ether oxygens (including phenoxy) is 2. The molecule has 0 aliphatic rings. The lowest BCUT2D eigenvalue weighted by atomic mass is 10.1. The van der Waals surface area contributed by atoms with Gasteiger partial charge in [-0.3, -0.25) is 4.79 Å². The molecule has 0 saturated heterocycles. The normalized spacial score (nSPS) is 12.2. The van der Waals surface area contributed by atoms with Crippen LogP contribution < -0.4 is 5.32 Å². The Bertz CT molecular complexity index is 1330. The van der Waals surface area contributed by atoms with Crippen LogP contribution in [0.2, 0.25) is 15.1 Å². The Hall–Kier alpha value is -3.11. The molecule has 2 atom stereocenters. The van der Waals surface area contributed by atoms with E-state index in [9.17, 15) is 24.3 Å². The number of nitrogens with one attached hydrogen (secondary N) is 1. The first-order valence-electron chi connectivity index (χ1n) is 9.98. The van der Waals surface area contributed by atoms with E-state index < -0.39 is 36.0 Å². The average Bonchev–Trinajstić information content (AvgIpc) is 2.83. The minimum Gasteiger partial charge on any atom is -0.478 e. The molecule has 3 aromatic carbocycles. The van der Waals surface area contributed by atoms with Crippen LogP contribution in [0, 0.1) is 0 Å². The summed E-state index contributed by atoms with van der Waals surface area (Å²) in [5.74, 6) is -5.12. The van der Waals surface area contributed by atoms with Gasteiger partial charge in [0.2, 0.25) is 12.2 Å². The van der Waals surface area contributed by atoms with E-state index in [0.717, 1.165) is 0 Å². The summed E-state index contributed by atoms with van der Waals surface area (Å²) in [7, 11) is 0. The molecular formula is C24H15BrCl3NO7. The van der Waals surface area contributed by atoms with E-state index in [1.807, 2.05) is 0 Å². The van der Waals surface area contributed by atoms with Crippen molar-refractivity contribution < 1.29 is 33.8 Å². The number of benzene rings is 3. The zero-order valence-corrected chi connectivity index (χ0v) is 21.8. The van der Waals surface area contributed by atoms with Crippen LogP contribution in [-0.4, -0.2) is 41.1 Å². The van der Waals surface area contributed by atoms with Gasteiger partial charge >= 0.3 is 17.9 Å². The number of hydrogen-bond acceptors (Lipinski definition) is 6. The Balaban J connectivity index is 1.95. The number of carbonyl (C=O) groups is 4. The van der Waals surface area contributed by atoms with E-state index >= 15 is 0 Å². The number of hydrogen-bond donors (Lipinski definition) is 2. The highest BCUT2D eigenvalue weighted by molar-refractivity contribution is 9.10. The molecule has 1 amide bonds. The molecule has 0 heterocycles. The first-order chi connectivity index (χ1) is 17.1. The van der Waals surface area contributed by atoms with E-state index in [4.69, 9.17) is 44.3 Å². The fourth-order valence-electron chi connectivity index (χ4n) is 2.89. The Morgan fingerprint density at radius 1 is 0.750 bits per heavy atom. The molecule has 0 unspecified atom stereocenters. The SMILES string of the molecule is O=C(O[C@H](C(=O)Nc1ccc(Br)c(Cl)c1)[C@@H](OC(=O)c1ccccc1Cl)C(=O)O)c1ccccc1Cl. The maximum Gasteiger partial charge on any atom is 0.349 e. The number of rotatable bonds is 8. The summed E-state index contributed by atoms with van der Waals surface area (Å²) < 4.78 is 10.9. The van der Waals surface area contributed by atoms with Crippen molar-refractivity contribution >= 4 is 80.2 Å². The first kappa shape index (κ1) is 27.5. The van der Waals surface area contributed by atoms with Crippen molar-refractivity contribution in [1.29, 1.82) is 0 Å². The number of halogens is 4. The predicted molar refractivity (Wildman–Crippen MR) is 137 cm³/mol. The van der Waals surface area contributed by atoms with Gasteiger partial charge in [0, 0.05) is 10.2 Å². The third kappa shape index (κ3) is 6.76. The first-order valence-corrected chi connectivity index (χ1v) is 11.9. The van der Waals surface area contributed by atoms with Crippen LogP contribution in [0.3, 0.4) is 0 Å². The van der Waals surface area contributed by atoms with Crippen LogP contribution in [0.4, 0.5) is 5.69 Å². The van der Waals surface area contributed by atoms with Gasteiger partial charge in [-0.1, -0.05) is 59.1 Å². The largest absolute Gasteiger partial charge is 0.478 e. The van der Waals surface area contributed by atoms with Crippen LogP contribution in [-0.2, 0) is 19.1 Å². The van der Waals surface area contributed by atoms with Gasteiger partial charge < -0.3 is 19.9 Å². The molecule has 0 fully saturated rings. The molecule has 3 aromatic rings. The minimum absolute atomic E-state index is 0.00119. The molecule has 3 rings (SSSR count). The lowest BCUT2D eigenvalue weighted by molar-refractivity contribution is -0.157. The molecule has 0 spiro atoms. The van der Waals surface area contributed by atoms with Gasteiger partial charge in [0.1, 0.15) is 0 Å². The standard InChI is InChI=1S/C24H15BrCl3NO7/c25-15-10-9-12(11-18(15)28)29-21(30)19(35-23(33)13-5-1-3-7-16(13)26)20(22(31)32)36-24(34)14-6-2-4-8-17(14)27/h1-11,19-20H,(H,29,30)(H,31,32)/t19-,20+/m0/s1. The van der Waals surface area contributed by atoms with Gasteiger partial charge in [-0.25, -0.2) is 14.4 Å². The van der Waals surface area contributed by atoms with Crippen molar-refractivity contribution in [3.8, 4) is 0 Å². The number of carbonyl (C=O) groups excluding carboxylic acids is 3. The molecule has 0 bridgehead atoms. The molecule has 0 radical (unpaired) electrons. The third-order valence-electron chi connectivity index (χ3n) is 4.62.